The molecule has 15 heavy (non-hydrogen) atoms. The minimum Gasteiger partial charge on any atom is -0.468 e. The van der Waals surface area contributed by atoms with Crippen molar-refractivity contribution in [2.75, 3.05) is 20.3 Å². The summed E-state index contributed by atoms with van der Waals surface area (Å²) >= 11 is 0. The topological polar surface area (TPSA) is 34.4 Å². The van der Waals surface area contributed by atoms with Crippen LogP contribution in [0, 0.1) is 5.92 Å². The van der Waals surface area contributed by atoms with Gasteiger partial charge in [-0.3, -0.25) is 0 Å². The summed E-state index contributed by atoms with van der Waals surface area (Å²) in [5.41, 5.74) is 0. The van der Waals surface area contributed by atoms with E-state index >= 15 is 0 Å². The lowest BCUT2D eigenvalue weighted by molar-refractivity contribution is 0.156. The van der Waals surface area contributed by atoms with Gasteiger partial charge in [0.1, 0.15) is 5.76 Å². The quantitative estimate of drug-likeness (QED) is 0.752. The summed E-state index contributed by atoms with van der Waals surface area (Å²) in [6.07, 6.45) is 2.76. The molecule has 0 saturated carbocycles. The minimum atomic E-state index is 0.319. The fourth-order valence-electron chi connectivity index (χ4n) is 1.62. The Bertz CT molecular complexity index is 246. The molecular weight excluding hydrogens is 190 g/mol. The molecule has 0 aliphatic carbocycles. The number of methoxy groups -OCH3 is 1. The van der Waals surface area contributed by atoms with E-state index in [1.165, 1.54) is 0 Å². The van der Waals surface area contributed by atoms with Crippen LogP contribution >= 0.6 is 0 Å². The molecule has 1 rings (SSSR count). The van der Waals surface area contributed by atoms with Crippen molar-refractivity contribution < 1.29 is 9.15 Å². The summed E-state index contributed by atoms with van der Waals surface area (Å²) < 4.78 is 10.5. The lowest BCUT2D eigenvalue weighted by Gasteiger charge is -2.17. The van der Waals surface area contributed by atoms with E-state index in [0.717, 1.165) is 25.3 Å². The zero-order valence-corrected chi connectivity index (χ0v) is 9.82. The van der Waals surface area contributed by atoms with Gasteiger partial charge in [0.25, 0.3) is 0 Å². The van der Waals surface area contributed by atoms with E-state index in [0.29, 0.717) is 12.0 Å². The molecule has 86 valence electrons. The van der Waals surface area contributed by atoms with Crippen LogP contribution in [0.5, 0.6) is 0 Å². The third-order valence-corrected chi connectivity index (χ3v) is 2.46. The van der Waals surface area contributed by atoms with Crippen LogP contribution in [0.2, 0.25) is 0 Å². The third-order valence-electron chi connectivity index (χ3n) is 2.46. The van der Waals surface area contributed by atoms with Crippen LogP contribution in [0.4, 0.5) is 0 Å². The van der Waals surface area contributed by atoms with Crippen LogP contribution in [0.1, 0.15) is 32.1 Å². The first-order chi connectivity index (χ1) is 7.27. The number of furan rings is 1. The first-order valence-electron chi connectivity index (χ1n) is 5.53. The molecule has 0 saturated heterocycles. The first kappa shape index (κ1) is 12.3. The van der Waals surface area contributed by atoms with Gasteiger partial charge in [-0.25, -0.2) is 0 Å². The van der Waals surface area contributed by atoms with Gasteiger partial charge in [0.05, 0.1) is 12.3 Å². The van der Waals surface area contributed by atoms with Gasteiger partial charge in [-0.2, -0.15) is 0 Å². The molecule has 0 radical (unpaired) electrons. The normalized spacial score (nSPS) is 15.1. The number of rotatable bonds is 7. The van der Waals surface area contributed by atoms with Gasteiger partial charge in [-0.1, -0.05) is 13.8 Å². The summed E-state index contributed by atoms with van der Waals surface area (Å²) in [7, 11) is 1.74. The van der Waals surface area contributed by atoms with Crippen molar-refractivity contribution in [2.45, 2.75) is 26.3 Å². The largest absolute Gasteiger partial charge is 0.468 e. The highest BCUT2D eigenvalue weighted by Crippen LogP contribution is 2.16. The average molecular weight is 211 g/mol. The Hall–Kier alpha value is -0.800. The van der Waals surface area contributed by atoms with Gasteiger partial charge in [0.2, 0.25) is 0 Å². The zero-order chi connectivity index (χ0) is 11.1. The van der Waals surface area contributed by atoms with E-state index in [1.807, 2.05) is 12.1 Å². The molecule has 1 aromatic rings. The number of nitrogens with one attached hydrogen (secondary N) is 1. The van der Waals surface area contributed by atoms with Crippen molar-refractivity contribution in [3.05, 3.63) is 24.2 Å². The first-order valence-corrected chi connectivity index (χ1v) is 5.53. The Morgan fingerprint density at radius 1 is 1.53 bits per heavy atom. The SMILES string of the molecule is CCC(NCC(C)COC)c1ccco1. The summed E-state index contributed by atoms with van der Waals surface area (Å²) in [5.74, 6) is 1.54. The van der Waals surface area contributed by atoms with Crippen LogP contribution in [-0.4, -0.2) is 20.3 Å². The molecule has 1 aromatic heterocycles. The number of ether oxygens (including phenoxy) is 1. The molecule has 2 atom stereocenters. The van der Waals surface area contributed by atoms with E-state index in [2.05, 4.69) is 19.2 Å². The lowest BCUT2D eigenvalue weighted by atomic mass is 10.1. The molecule has 0 aliphatic heterocycles. The zero-order valence-electron chi connectivity index (χ0n) is 9.82. The molecule has 0 spiro atoms. The molecule has 0 fully saturated rings. The van der Waals surface area contributed by atoms with Gasteiger partial charge in [-0.05, 0) is 24.5 Å². The standard InChI is InChI=1S/C12H21NO2/c1-4-11(12-6-5-7-15-12)13-8-10(2)9-14-3/h5-7,10-11,13H,4,8-9H2,1-3H3. The maximum atomic E-state index is 5.39. The van der Waals surface area contributed by atoms with E-state index in [4.69, 9.17) is 9.15 Å². The van der Waals surface area contributed by atoms with Crippen molar-refractivity contribution >= 4 is 0 Å². The van der Waals surface area contributed by atoms with Crippen molar-refractivity contribution in [3.8, 4) is 0 Å². The predicted molar refractivity (Wildman–Crippen MR) is 60.8 cm³/mol. The van der Waals surface area contributed by atoms with Crippen molar-refractivity contribution in [1.29, 1.82) is 0 Å². The number of hydrogen-bond acceptors (Lipinski definition) is 3. The van der Waals surface area contributed by atoms with E-state index in [1.54, 1.807) is 13.4 Å². The van der Waals surface area contributed by atoms with Gasteiger partial charge < -0.3 is 14.5 Å². The molecule has 0 aromatic carbocycles. The molecule has 3 nitrogen and oxygen atoms in total. The minimum absolute atomic E-state index is 0.319. The van der Waals surface area contributed by atoms with E-state index in [9.17, 15) is 0 Å². The van der Waals surface area contributed by atoms with Gasteiger partial charge >= 0.3 is 0 Å². The monoisotopic (exact) mass is 211 g/mol. The number of hydrogen-bond donors (Lipinski definition) is 1. The van der Waals surface area contributed by atoms with Crippen molar-refractivity contribution in [2.24, 2.45) is 5.92 Å². The smallest absolute Gasteiger partial charge is 0.120 e. The molecule has 0 aliphatic rings. The Labute approximate surface area is 91.8 Å². The summed E-state index contributed by atoms with van der Waals surface area (Å²) in [6.45, 7) is 6.07. The highest BCUT2D eigenvalue weighted by atomic mass is 16.5. The summed E-state index contributed by atoms with van der Waals surface area (Å²) in [5, 5.41) is 3.48. The third kappa shape index (κ3) is 4.06. The highest BCUT2D eigenvalue weighted by Gasteiger charge is 2.12. The highest BCUT2D eigenvalue weighted by molar-refractivity contribution is 5.03. The van der Waals surface area contributed by atoms with E-state index in [-0.39, 0.29) is 0 Å². The Balaban J connectivity index is 2.35. The van der Waals surface area contributed by atoms with Crippen LogP contribution in [0.15, 0.2) is 22.8 Å². The second-order valence-electron chi connectivity index (χ2n) is 3.95. The van der Waals surface area contributed by atoms with Crippen LogP contribution in [0.3, 0.4) is 0 Å². The van der Waals surface area contributed by atoms with Crippen molar-refractivity contribution in [1.82, 2.24) is 5.32 Å². The molecule has 3 heteroatoms. The fourth-order valence-corrected chi connectivity index (χ4v) is 1.62. The van der Waals surface area contributed by atoms with Crippen LogP contribution in [0.25, 0.3) is 0 Å². The Morgan fingerprint density at radius 2 is 2.33 bits per heavy atom. The fraction of sp³-hybridized carbons (Fsp3) is 0.667. The predicted octanol–water partition coefficient (Wildman–Crippen LogP) is 2.60. The molecule has 1 N–H and O–H groups in total. The van der Waals surface area contributed by atoms with Crippen molar-refractivity contribution in [3.63, 3.8) is 0 Å². The molecule has 2 unspecified atom stereocenters. The second kappa shape index (κ2) is 6.64. The summed E-state index contributed by atoms with van der Waals surface area (Å²) in [6, 6.07) is 4.26. The molecule has 0 amide bonds. The van der Waals surface area contributed by atoms with Gasteiger partial charge in [0, 0.05) is 20.3 Å². The molecule has 1 heterocycles. The maximum absolute atomic E-state index is 5.39. The van der Waals surface area contributed by atoms with Crippen LogP contribution in [-0.2, 0) is 4.74 Å². The Kier molecular flexibility index (Phi) is 5.43. The lowest BCUT2D eigenvalue weighted by Crippen LogP contribution is -2.27. The average Bonchev–Trinajstić information content (AvgIpc) is 2.72. The van der Waals surface area contributed by atoms with Gasteiger partial charge in [-0.15, -0.1) is 0 Å². The van der Waals surface area contributed by atoms with Crippen LogP contribution < -0.4 is 5.32 Å². The van der Waals surface area contributed by atoms with E-state index < -0.39 is 0 Å². The molecule has 0 bridgehead atoms. The van der Waals surface area contributed by atoms with Gasteiger partial charge in [0.15, 0.2) is 0 Å². The Morgan fingerprint density at radius 3 is 2.87 bits per heavy atom. The maximum Gasteiger partial charge on any atom is 0.120 e. The second-order valence-corrected chi connectivity index (χ2v) is 3.95. The summed E-state index contributed by atoms with van der Waals surface area (Å²) in [4.78, 5) is 0. The molecular formula is C12H21NO2.